The van der Waals surface area contributed by atoms with E-state index in [0.717, 1.165) is 0 Å². The molecule has 15 heavy (non-hydrogen) atoms. The Morgan fingerprint density at radius 1 is 1.60 bits per heavy atom. The molecular formula is C7H11ClN4O3. The van der Waals surface area contributed by atoms with E-state index in [4.69, 9.17) is 21.8 Å². The van der Waals surface area contributed by atoms with Crippen LogP contribution in [0.5, 0.6) is 0 Å². The molecule has 1 heterocycles. The van der Waals surface area contributed by atoms with Crippen molar-refractivity contribution in [2.45, 2.75) is 6.42 Å². The predicted octanol–water partition coefficient (Wildman–Crippen LogP) is 0.358. The Morgan fingerprint density at radius 2 is 2.40 bits per heavy atom. The molecule has 0 aromatic carbocycles. The average Bonchev–Trinajstić information content (AvgIpc) is 2.61. The number of primary amides is 1. The number of carbonyl (C=O) groups is 1. The van der Waals surface area contributed by atoms with Crippen molar-refractivity contribution in [2.24, 2.45) is 5.73 Å². The van der Waals surface area contributed by atoms with Crippen molar-refractivity contribution in [3.8, 4) is 0 Å². The molecule has 0 saturated carbocycles. The SMILES string of the molecule is NC(=O)OCCNc1nnc(CCCl)o1. The Morgan fingerprint density at radius 3 is 3.07 bits per heavy atom. The molecule has 0 aliphatic rings. The molecule has 0 fully saturated rings. The molecule has 84 valence electrons. The zero-order chi connectivity index (χ0) is 11.1. The molecule has 0 saturated heterocycles. The summed E-state index contributed by atoms with van der Waals surface area (Å²) in [4.78, 5) is 10.2. The second-order valence-corrected chi connectivity index (χ2v) is 2.91. The maximum absolute atomic E-state index is 10.2. The summed E-state index contributed by atoms with van der Waals surface area (Å²) in [6.45, 7) is 0.494. The Balaban J connectivity index is 2.22. The van der Waals surface area contributed by atoms with Crippen molar-refractivity contribution >= 4 is 23.7 Å². The van der Waals surface area contributed by atoms with Gasteiger partial charge in [-0.25, -0.2) is 4.79 Å². The highest BCUT2D eigenvalue weighted by molar-refractivity contribution is 6.17. The van der Waals surface area contributed by atoms with Gasteiger partial charge in [-0.2, -0.15) is 0 Å². The van der Waals surface area contributed by atoms with Crippen molar-refractivity contribution < 1.29 is 13.9 Å². The quantitative estimate of drug-likeness (QED) is 0.544. The number of nitrogens with one attached hydrogen (secondary N) is 1. The molecule has 0 atom stereocenters. The van der Waals surface area contributed by atoms with Gasteiger partial charge < -0.3 is 20.2 Å². The summed E-state index contributed by atoms with van der Waals surface area (Å²) in [7, 11) is 0. The summed E-state index contributed by atoms with van der Waals surface area (Å²) in [5, 5.41) is 10.2. The monoisotopic (exact) mass is 234 g/mol. The number of hydrogen-bond donors (Lipinski definition) is 2. The molecule has 1 aromatic heterocycles. The standard InChI is InChI=1S/C7H11ClN4O3/c8-2-1-5-11-12-7(15-5)10-3-4-14-6(9)13/h1-4H2,(H2,9,13)(H,10,12). The summed E-state index contributed by atoms with van der Waals surface area (Å²) in [6, 6.07) is 0.267. The Hall–Kier alpha value is -1.50. The molecule has 0 unspecified atom stereocenters. The predicted molar refractivity (Wildman–Crippen MR) is 52.7 cm³/mol. The fraction of sp³-hybridized carbons (Fsp3) is 0.571. The summed E-state index contributed by atoms with van der Waals surface area (Å²) in [6.07, 6.45) is -0.293. The fourth-order valence-corrected chi connectivity index (χ4v) is 0.978. The van der Waals surface area contributed by atoms with Crippen LogP contribution in [-0.2, 0) is 11.2 Å². The van der Waals surface area contributed by atoms with Crippen molar-refractivity contribution in [1.29, 1.82) is 0 Å². The van der Waals surface area contributed by atoms with Crippen LogP contribution >= 0.6 is 11.6 Å². The van der Waals surface area contributed by atoms with E-state index < -0.39 is 6.09 Å². The highest BCUT2D eigenvalue weighted by atomic mass is 35.5. The molecule has 0 aliphatic heterocycles. The van der Waals surface area contributed by atoms with Crippen molar-refractivity contribution in [3.63, 3.8) is 0 Å². The van der Waals surface area contributed by atoms with Crippen LogP contribution in [0.15, 0.2) is 4.42 Å². The zero-order valence-electron chi connectivity index (χ0n) is 7.90. The van der Waals surface area contributed by atoms with Gasteiger partial charge in [0.05, 0.1) is 6.54 Å². The molecule has 1 amide bonds. The molecule has 8 heteroatoms. The Bertz CT molecular complexity index is 317. The van der Waals surface area contributed by atoms with E-state index in [0.29, 0.717) is 24.7 Å². The zero-order valence-corrected chi connectivity index (χ0v) is 8.66. The normalized spacial score (nSPS) is 9.93. The molecule has 0 spiro atoms. The van der Waals surface area contributed by atoms with Crippen molar-refractivity contribution in [2.75, 3.05) is 24.3 Å². The van der Waals surface area contributed by atoms with Gasteiger partial charge in [-0.1, -0.05) is 5.10 Å². The number of aromatic nitrogens is 2. The first-order valence-corrected chi connectivity index (χ1v) is 4.80. The molecule has 1 rings (SSSR count). The van der Waals surface area contributed by atoms with E-state index >= 15 is 0 Å². The van der Waals surface area contributed by atoms with Crippen LogP contribution in [-0.4, -0.2) is 35.3 Å². The maximum atomic E-state index is 10.2. The Labute approximate surface area is 90.9 Å². The van der Waals surface area contributed by atoms with E-state index in [1.165, 1.54) is 0 Å². The van der Waals surface area contributed by atoms with Crippen LogP contribution in [0.2, 0.25) is 0 Å². The largest absolute Gasteiger partial charge is 0.448 e. The highest BCUT2D eigenvalue weighted by Gasteiger charge is 2.04. The molecule has 0 bridgehead atoms. The summed E-state index contributed by atoms with van der Waals surface area (Å²) in [5.74, 6) is 0.884. The summed E-state index contributed by atoms with van der Waals surface area (Å²) in [5.41, 5.74) is 4.76. The molecule has 7 nitrogen and oxygen atoms in total. The van der Waals surface area contributed by atoms with E-state index in [1.54, 1.807) is 0 Å². The third-order valence-corrected chi connectivity index (χ3v) is 1.59. The minimum atomic E-state index is -0.815. The second kappa shape index (κ2) is 6.07. The van der Waals surface area contributed by atoms with E-state index in [1.807, 2.05) is 0 Å². The number of nitrogens with two attached hydrogens (primary N) is 1. The first-order chi connectivity index (χ1) is 7.22. The lowest BCUT2D eigenvalue weighted by molar-refractivity contribution is 0.161. The molecule has 0 aliphatic carbocycles. The third kappa shape index (κ3) is 4.50. The first kappa shape index (κ1) is 11.6. The van der Waals surface area contributed by atoms with Gasteiger partial charge in [0.1, 0.15) is 6.61 Å². The highest BCUT2D eigenvalue weighted by Crippen LogP contribution is 2.05. The summed E-state index contributed by atoms with van der Waals surface area (Å²) < 4.78 is 9.62. The smallest absolute Gasteiger partial charge is 0.404 e. The maximum Gasteiger partial charge on any atom is 0.404 e. The van der Waals surface area contributed by atoms with E-state index in [-0.39, 0.29) is 12.6 Å². The number of amides is 1. The van der Waals surface area contributed by atoms with Crippen LogP contribution in [0.3, 0.4) is 0 Å². The first-order valence-electron chi connectivity index (χ1n) is 4.27. The third-order valence-electron chi connectivity index (χ3n) is 1.40. The lowest BCUT2D eigenvalue weighted by Gasteiger charge is -2.00. The number of carbonyl (C=O) groups excluding carboxylic acids is 1. The average molecular weight is 235 g/mol. The van der Waals surface area contributed by atoms with Gasteiger partial charge in [-0.3, -0.25) is 0 Å². The fourth-order valence-electron chi connectivity index (χ4n) is 0.816. The van der Waals surface area contributed by atoms with Gasteiger partial charge in [-0.05, 0) is 0 Å². The van der Waals surface area contributed by atoms with Gasteiger partial charge >= 0.3 is 12.1 Å². The molecule has 0 radical (unpaired) electrons. The second-order valence-electron chi connectivity index (χ2n) is 2.53. The summed E-state index contributed by atoms with van der Waals surface area (Å²) >= 11 is 5.49. The number of nitrogens with zero attached hydrogens (tertiary/aromatic N) is 2. The minimum absolute atomic E-state index is 0.141. The molecule has 1 aromatic rings. The molecule has 3 N–H and O–H groups in total. The lowest BCUT2D eigenvalue weighted by atomic mass is 10.5. The van der Waals surface area contributed by atoms with Crippen LogP contribution in [0.1, 0.15) is 5.89 Å². The minimum Gasteiger partial charge on any atom is -0.448 e. The van der Waals surface area contributed by atoms with Crippen molar-refractivity contribution in [3.05, 3.63) is 5.89 Å². The van der Waals surface area contributed by atoms with Gasteiger partial charge in [0.15, 0.2) is 0 Å². The Kier molecular flexibility index (Phi) is 4.69. The number of anilines is 1. The number of rotatable bonds is 6. The number of hydrogen-bond acceptors (Lipinski definition) is 6. The molecular weight excluding hydrogens is 224 g/mol. The van der Waals surface area contributed by atoms with Gasteiger partial charge in [0.2, 0.25) is 5.89 Å². The van der Waals surface area contributed by atoms with Crippen LogP contribution in [0.25, 0.3) is 0 Å². The van der Waals surface area contributed by atoms with Crippen LogP contribution in [0, 0.1) is 0 Å². The van der Waals surface area contributed by atoms with E-state index in [2.05, 4.69) is 20.3 Å². The van der Waals surface area contributed by atoms with E-state index in [9.17, 15) is 4.79 Å². The number of alkyl halides is 1. The lowest BCUT2D eigenvalue weighted by Crippen LogP contribution is -2.18. The topological polar surface area (TPSA) is 103 Å². The van der Waals surface area contributed by atoms with Gasteiger partial charge in [0, 0.05) is 12.3 Å². The van der Waals surface area contributed by atoms with Crippen molar-refractivity contribution in [1.82, 2.24) is 10.2 Å². The van der Waals surface area contributed by atoms with Gasteiger partial charge in [-0.15, -0.1) is 16.7 Å². The van der Waals surface area contributed by atoms with Gasteiger partial charge in [0.25, 0.3) is 0 Å². The number of ether oxygens (including phenoxy) is 1. The van der Waals surface area contributed by atoms with Crippen LogP contribution < -0.4 is 11.1 Å². The number of aryl methyl sites for hydroxylation is 1. The van der Waals surface area contributed by atoms with Crippen LogP contribution in [0.4, 0.5) is 10.8 Å². The number of halogens is 1.